The third kappa shape index (κ3) is 3.68. The molecule has 0 bridgehead atoms. The summed E-state index contributed by atoms with van der Waals surface area (Å²) in [6.07, 6.45) is 1.52. The lowest BCUT2D eigenvalue weighted by Gasteiger charge is -2.10. The van der Waals surface area contributed by atoms with Crippen molar-refractivity contribution in [2.24, 2.45) is 0 Å². The molecule has 0 aliphatic carbocycles. The zero-order valence-electron chi connectivity index (χ0n) is 10.5. The Morgan fingerprint density at radius 1 is 1.21 bits per heavy atom. The minimum Gasteiger partial charge on any atom is -0.351 e. The van der Waals surface area contributed by atoms with E-state index in [2.05, 4.69) is 25.8 Å². The van der Waals surface area contributed by atoms with E-state index < -0.39 is 0 Å². The van der Waals surface area contributed by atoms with Crippen LogP contribution < -0.4 is 10.6 Å². The third-order valence-corrected chi connectivity index (χ3v) is 3.01. The molecule has 0 unspecified atom stereocenters. The van der Waals surface area contributed by atoms with Crippen LogP contribution in [-0.4, -0.2) is 21.2 Å². The van der Waals surface area contributed by atoms with Gasteiger partial charge in [0.15, 0.2) is 5.82 Å². The maximum atomic E-state index is 6.09. The minimum atomic E-state index is 0.229. The number of hydrogen-bond acceptors (Lipinski definition) is 5. The molecule has 2 aromatic rings. The van der Waals surface area contributed by atoms with E-state index in [4.69, 9.17) is 23.2 Å². The fourth-order valence-corrected chi connectivity index (χ4v) is 1.77. The van der Waals surface area contributed by atoms with Crippen LogP contribution in [0, 0.1) is 0 Å². The topological polar surface area (TPSA) is 62.7 Å². The summed E-state index contributed by atoms with van der Waals surface area (Å²) in [5.41, 5.74) is 0.671. The third-order valence-electron chi connectivity index (χ3n) is 2.19. The summed E-state index contributed by atoms with van der Waals surface area (Å²) in [7, 11) is 0. The fourth-order valence-electron chi connectivity index (χ4n) is 1.42. The molecule has 0 saturated heterocycles. The Balaban J connectivity index is 2.21. The van der Waals surface area contributed by atoms with Gasteiger partial charge in [0, 0.05) is 6.04 Å². The maximum Gasteiger partial charge on any atom is 0.244 e. The van der Waals surface area contributed by atoms with Crippen LogP contribution in [0.4, 0.5) is 17.5 Å². The maximum absolute atomic E-state index is 6.09. The zero-order chi connectivity index (χ0) is 13.8. The van der Waals surface area contributed by atoms with Crippen LogP contribution in [0.25, 0.3) is 0 Å². The number of rotatable bonds is 4. The Hall–Kier alpha value is -1.59. The molecule has 0 spiro atoms. The van der Waals surface area contributed by atoms with Gasteiger partial charge in [-0.15, -0.1) is 5.10 Å². The molecule has 2 N–H and O–H groups in total. The van der Waals surface area contributed by atoms with E-state index in [-0.39, 0.29) is 6.04 Å². The number of anilines is 3. The van der Waals surface area contributed by atoms with Crippen molar-refractivity contribution in [2.45, 2.75) is 19.9 Å². The summed E-state index contributed by atoms with van der Waals surface area (Å²) in [4.78, 5) is 4.28. The molecule has 0 fully saturated rings. The highest BCUT2D eigenvalue weighted by atomic mass is 35.5. The number of halogens is 2. The molecule has 2 rings (SSSR count). The van der Waals surface area contributed by atoms with E-state index in [1.165, 1.54) is 6.20 Å². The largest absolute Gasteiger partial charge is 0.351 e. The van der Waals surface area contributed by atoms with Gasteiger partial charge in [-0.1, -0.05) is 29.3 Å². The highest BCUT2D eigenvalue weighted by molar-refractivity contribution is 6.43. The number of benzene rings is 1. The number of aromatic nitrogens is 3. The number of hydrogen-bond donors (Lipinski definition) is 2. The van der Waals surface area contributed by atoms with Gasteiger partial charge in [-0.2, -0.15) is 10.1 Å². The van der Waals surface area contributed by atoms with Crippen LogP contribution in [0.2, 0.25) is 10.0 Å². The fraction of sp³-hybridized carbons (Fsp3) is 0.250. The molecule has 1 aromatic heterocycles. The smallest absolute Gasteiger partial charge is 0.244 e. The molecule has 0 saturated carbocycles. The number of nitrogens with zero attached hydrogens (tertiary/aromatic N) is 3. The summed E-state index contributed by atoms with van der Waals surface area (Å²) >= 11 is 12.0. The lowest BCUT2D eigenvalue weighted by Crippen LogP contribution is -2.13. The Kier molecular flexibility index (Phi) is 4.39. The summed E-state index contributed by atoms with van der Waals surface area (Å²) in [5.74, 6) is 1.00. The number of nitrogens with one attached hydrogen (secondary N) is 2. The van der Waals surface area contributed by atoms with Crippen molar-refractivity contribution in [3.8, 4) is 0 Å². The van der Waals surface area contributed by atoms with Gasteiger partial charge < -0.3 is 10.6 Å². The van der Waals surface area contributed by atoms with Crippen molar-refractivity contribution in [3.05, 3.63) is 34.4 Å². The molecule has 5 nitrogen and oxygen atoms in total. The lowest BCUT2D eigenvalue weighted by molar-refractivity contribution is 0.852. The standard InChI is InChI=1S/C12H13Cl2N5/c1-7(2)16-12-18-10(6-15-19-12)17-9-5-3-4-8(13)11(9)14/h3-7H,1-2H3,(H2,16,17,18,19). The second kappa shape index (κ2) is 6.04. The van der Waals surface area contributed by atoms with E-state index in [9.17, 15) is 0 Å². The Morgan fingerprint density at radius 3 is 2.74 bits per heavy atom. The second-order valence-electron chi connectivity index (χ2n) is 4.19. The molecule has 1 heterocycles. The minimum absolute atomic E-state index is 0.229. The predicted octanol–water partition coefficient (Wildman–Crippen LogP) is 3.74. The molecule has 0 aliphatic heterocycles. The SMILES string of the molecule is CC(C)Nc1nncc(Nc2cccc(Cl)c2Cl)n1. The Labute approximate surface area is 121 Å². The summed E-state index contributed by atoms with van der Waals surface area (Å²) < 4.78 is 0. The monoisotopic (exact) mass is 297 g/mol. The first-order chi connectivity index (χ1) is 9.06. The van der Waals surface area contributed by atoms with E-state index in [1.54, 1.807) is 12.1 Å². The molecule has 19 heavy (non-hydrogen) atoms. The van der Waals surface area contributed by atoms with Crippen LogP contribution >= 0.6 is 23.2 Å². The van der Waals surface area contributed by atoms with Gasteiger partial charge in [0.1, 0.15) is 0 Å². The first-order valence-electron chi connectivity index (χ1n) is 5.73. The van der Waals surface area contributed by atoms with Gasteiger partial charge in [0.2, 0.25) is 5.95 Å². The quantitative estimate of drug-likeness (QED) is 0.900. The van der Waals surface area contributed by atoms with Gasteiger partial charge in [0.25, 0.3) is 0 Å². The van der Waals surface area contributed by atoms with E-state index in [1.807, 2.05) is 19.9 Å². The first-order valence-corrected chi connectivity index (χ1v) is 6.49. The van der Waals surface area contributed by atoms with Crippen molar-refractivity contribution in [3.63, 3.8) is 0 Å². The molecule has 0 radical (unpaired) electrons. The summed E-state index contributed by atoms with van der Waals surface area (Å²) in [6.45, 7) is 3.99. The highest BCUT2D eigenvalue weighted by Crippen LogP contribution is 2.31. The normalized spacial score (nSPS) is 10.6. The Morgan fingerprint density at radius 2 is 2.00 bits per heavy atom. The molecule has 100 valence electrons. The van der Waals surface area contributed by atoms with Gasteiger partial charge in [-0.25, -0.2) is 0 Å². The molecular weight excluding hydrogens is 285 g/mol. The lowest BCUT2D eigenvalue weighted by atomic mass is 10.3. The van der Waals surface area contributed by atoms with E-state index in [0.29, 0.717) is 27.5 Å². The highest BCUT2D eigenvalue weighted by Gasteiger charge is 2.07. The molecule has 0 aliphatic rings. The van der Waals surface area contributed by atoms with Crippen molar-refractivity contribution >= 4 is 40.7 Å². The van der Waals surface area contributed by atoms with E-state index >= 15 is 0 Å². The molecule has 0 atom stereocenters. The van der Waals surface area contributed by atoms with Crippen LogP contribution in [0.1, 0.15) is 13.8 Å². The van der Waals surface area contributed by atoms with Crippen LogP contribution in [-0.2, 0) is 0 Å². The molecular formula is C12H13Cl2N5. The van der Waals surface area contributed by atoms with Crippen molar-refractivity contribution in [1.29, 1.82) is 0 Å². The van der Waals surface area contributed by atoms with Crippen molar-refractivity contribution < 1.29 is 0 Å². The average molecular weight is 298 g/mol. The van der Waals surface area contributed by atoms with Gasteiger partial charge in [-0.3, -0.25) is 0 Å². The zero-order valence-corrected chi connectivity index (χ0v) is 12.0. The van der Waals surface area contributed by atoms with Crippen LogP contribution in [0.3, 0.4) is 0 Å². The van der Waals surface area contributed by atoms with Gasteiger partial charge >= 0.3 is 0 Å². The van der Waals surface area contributed by atoms with Gasteiger partial charge in [0.05, 0.1) is 21.9 Å². The molecule has 1 aromatic carbocycles. The molecule has 7 heteroatoms. The summed E-state index contributed by atoms with van der Waals surface area (Å²) in [5, 5.41) is 14.8. The average Bonchev–Trinajstić information content (AvgIpc) is 2.35. The Bertz CT molecular complexity index is 574. The van der Waals surface area contributed by atoms with Crippen LogP contribution in [0.5, 0.6) is 0 Å². The van der Waals surface area contributed by atoms with Gasteiger partial charge in [-0.05, 0) is 26.0 Å². The van der Waals surface area contributed by atoms with Crippen LogP contribution in [0.15, 0.2) is 24.4 Å². The summed E-state index contributed by atoms with van der Waals surface area (Å²) in [6, 6.07) is 5.57. The second-order valence-corrected chi connectivity index (χ2v) is 4.98. The molecule has 0 amide bonds. The first kappa shape index (κ1) is 13.8. The van der Waals surface area contributed by atoms with E-state index in [0.717, 1.165) is 0 Å². The predicted molar refractivity (Wildman–Crippen MR) is 78.3 cm³/mol. The van der Waals surface area contributed by atoms with Crippen molar-refractivity contribution in [2.75, 3.05) is 10.6 Å². The van der Waals surface area contributed by atoms with Crippen molar-refractivity contribution in [1.82, 2.24) is 15.2 Å².